The van der Waals surface area contributed by atoms with E-state index >= 15 is 0 Å². The first-order chi connectivity index (χ1) is 6.15. The lowest BCUT2D eigenvalue weighted by Crippen LogP contribution is -2.08. The molecule has 74 valence electrons. The van der Waals surface area contributed by atoms with Gasteiger partial charge < -0.3 is 5.32 Å². The zero-order valence-electron chi connectivity index (χ0n) is 8.81. The quantitative estimate of drug-likeness (QED) is 0.743. The van der Waals surface area contributed by atoms with Gasteiger partial charge >= 0.3 is 0 Å². The minimum atomic E-state index is 0.726. The molecule has 1 aliphatic carbocycles. The molecule has 1 nitrogen and oxygen atoms in total. The highest BCUT2D eigenvalue weighted by molar-refractivity contribution is 8.06. The molecule has 0 aromatic heterocycles. The van der Waals surface area contributed by atoms with E-state index in [0.717, 1.165) is 10.9 Å². The molecule has 1 aliphatic rings. The number of nitrogens with one attached hydrogen (secondary N) is 1. The summed E-state index contributed by atoms with van der Waals surface area (Å²) in [5.74, 6) is 0.726. The molecule has 0 saturated carbocycles. The standard InChI is InChI=1S/C11H19NS/c1-8-6-5-7-9(2)11(8)13-10(3)12-4/h8,12H,3,5-7H2,1-2,4H3. The maximum atomic E-state index is 3.95. The van der Waals surface area contributed by atoms with Crippen LogP contribution in [0.15, 0.2) is 22.1 Å². The van der Waals surface area contributed by atoms with Crippen LogP contribution in [0.1, 0.15) is 33.1 Å². The summed E-state index contributed by atoms with van der Waals surface area (Å²) in [6.45, 7) is 8.52. The SMILES string of the molecule is C=C(NC)SC1=C(C)CCCC1C. The Bertz CT molecular complexity index is 230. The van der Waals surface area contributed by atoms with E-state index < -0.39 is 0 Å². The molecule has 13 heavy (non-hydrogen) atoms. The molecule has 1 N–H and O–H groups in total. The van der Waals surface area contributed by atoms with Crippen molar-refractivity contribution in [1.82, 2.24) is 5.32 Å². The van der Waals surface area contributed by atoms with E-state index in [1.54, 1.807) is 5.57 Å². The number of rotatable bonds is 3. The van der Waals surface area contributed by atoms with Gasteiger partial charge in [-0.25, -0.2) is 0 Å². The van der Waals surface area contributed by atoms with Crippen molar-refractivity contribution in [2.45, 2.75) is 33.1 Å². The molecule has 1 atom stereocenters. The molecule has 0 aromatic carbocycles. The van der Waals surface area contributed by atoms with Crippen LogP contribution in [0.4, 0.5) is 0 Å². The van der Waals surface area contributed by atoms with Crippen LogP contribution in [0, 0.1) is 5.92 Å². The van der Waals surface area contributed by atoms with Crippen molar-refractivity contribution < 1.29 is 0 Å². The van der Waals surface area contributed by atoms with Gasteiger partial charge in [-0.2, -0.15) is 0 Å². The van der Waals surface area contributed by atoms with Gasteiger partial charge in [-0.05, 0) is 37.0 Å². The molecule has 0 spiro atoms. The second kappa shape index (κ2) is 4.75. The Morgan fingerprint density at radius 3 is 2.85 bits per heavy atom. The lowest BCUT2D eigenvalue weighted by molar-refractivity contribution is 0.559. The lowest BCUT2D eigenvalue weighted by Gasteiger charge is -2.24. The van der Waals surface area contributed by atoms with Gasteiger partial charge in [-0.1, -0.05) is 30.8 Å². The summed E-state index contributed by atoms with van der Waals surface area (Å²) in [4.78, 5) is 1.53. The van der Waals surface area contributed by atoms with Crippen LogP contribution in [0.2, 0.25) is 0 Å². The summed E-state index contributed by atoms with van der Waals surface area (Å²) in [6.07, 6.45) is 3.95. The van der Waals surface area contributed by atoms with Gasteiger partial charge in [-0.15, -0.1) is 0 Å². The van der Waals surface area contributed by atoms with Crippen LogP contribution in [0.25, 0.3) is 0 Å². The van der Waals surface area contributed by atoms with Crippen molar-refractivity contribution in [1.29, 1.82) is 0 Å². The highest BCUT2D eigenvalue weighted by atomic mass is 32.2. The molecular weight excluding hydrogens is 178 g/mol. The molecule has 0 heterocycles. The van der Waals surface area contributed by atoms with Crippen molar-refractivity contribution in [3.63, 3.8) is 0 Å². The summed E-state index contributed by atoms with van der Waals surface area (Å²) >= 11 is 1.81. The molecule has 0 fully saturated rings. The average molecular weight is 197 g/mol. The summed E-state index contributed by atoms with van der Waals surface area (Å²) < 4.78 is 0. The van der Waals surface area contributed by atoms with E-state index in [9.17, 15) is 0 Å². The third-order valence-corrected chi connectivity index (χ3v) is 3.99. The summed E-state index contributed by atoms with van der Waals surface area (Å²) in [5.41, 5.74) is 1.56. The molecule has 1 rings (SSSR count). The van der Waals surface area contributed by atoms with Crippen molar-refractivity contribution in [3.05, 3.63) is 22.1 Å². The first kappa shape index (κ1) is 10.7. The zero-order valence-corrected chi connectivity index (χ0v) is 9.63. The molecule has 0 aromatic rings. The van der Waals surface area contributed by atoms with Crippen LogP contribution >= 0.6 is 11.8 Å². The molecule has 1 unspecified atom stereocenters. The fraction of sp³-hybridized carbons (Fsp3) is 0.636. The minimum Gasteiger partial charge on any atom is -0.383 e. The molecule has 0 amide bonds. The van der Waals surface area contributed by atoms with Crippen LogP contribution in [-0.2, 0) is 0 Å². The second-order valence-electron chi connectivity index (χ2n) is 3.71. The van der Waals surface area contributed by atoms with Crippen molar-refractivity contribution >= 4 is 11.8 Å². The molecule has 0 bridgehead atoms. The van der Waals surface area contributed by atoms with Crippen molar-refractivity contribution in [3.8, 4) is 0 Å². The third kappa shape index (κ3) is 2.80. The Morgan fingerprint density at radius 2 is 2.31 bits per heavy atom. The van der Waals surface area contributed by atoms with Crippen molar-refractivity contribution in [2.75, 3.05) is 7.05 Å². The van der Waals surface area contributed by atoms with E-state index in [1.165, 1.54) is 24.2 Å². The minimum absolute atomic E-state index is 0.726. The van der Waals surface area contributed by atoms with Gasteiger partial charge in [0.2, 0.25) is 0 Å². The van der Waals surface area contributed by atoms with Crippen LogP contribution in [-0.4, -0.2) is 7.05 Å². The van der Waals surface area contributed by atoms with Crippen LogP contribution < -0.4 is 5.32 Å². The predicted molar refractivity (Wildman–Crippen MR) is 61.5 cm³/mol. The Kier molecular flexibility index (Phi) is 3.91. The number of hydrogen-bond donors (Lipinski definition) is 1. The smallest absolute Gasteiger partial charge is 0.0650 e. The van der Waals surface area contributed by atoms with E-state index in [1.807, 2.05) is 18.8 Å². The van der Waals surface area contributed by atoms with E-state index in [4.69, 9.17) is 0 Å². The van der Waals surface area contributed by atoms with Gasteiger partial charge in [0, 0.05) is 7.05 Å². The van der Waals surface area contributed by atoms with Gasteiger partial charge in [0.1, 0.15) is 0 Å². The Balaban J connectivity index is 2.68. The molecule has 2 heteroatoms. The second-order valence-corrected chi connectivity index (χ2v) is 4.85. The average Bonchev–Trinajstić information content (AvgIpc) is 2.11. The maximum Gasteiger partial charge on any atom is 0.0650 e. The Hall–Kier alpha value is -0.370. The topological polar surface area (TPSA) is 12.0 Å². The first-order valence-corrected chi connectivity index (χ1v) is 5.71. The number of hydrogen-bond acceptors (Lipinski definition) is 2. The molecule has 0 saturated heterocycles. The monoisotopic (exact) mass is 197 g/mol. The van der Waals surface area contributed by atoms with Gasteiger partial charge in [0.05, 0.1) is 5.03 Å². The Morgan fingerprint density at radius 1 is 1.62 bits per heavy atom. The molecule has 0 aliphatic heterocycles. The fourth-order valence-corrected chi connectivity index (χ4v) is 2.68. The molecular formula is C11H19NS. The van der Waals surface area contributed by atoms with Gasteiger partial charge in [0.15, 0.2) is 0 Å². The first-order valence-electron chi connectivity index (χ1n) is 4.89. The summed E-state index contributed by atoms with van der Waals surface area (Å²) in [6, 6.07) is 0. The fourth-order valence-electron chi connectivity index (χ4n) is 1.72. The van der Waals surface area contributed by atoms with E-state index in [0.29, 0.717) is 0 Å². The van der Waals surface area contributed by atoms with Crippen molar-refractivity contribution in [2.24, 2.45) is 5.92 Å². The largest absolute Gasteiger partial charge is 0.383 e. The predicted octanol–water partition coefficient (Wildman–Crippen LogP) is 3.50. The zero-order chi connectivity index (χ0) is 9.84. The number of allylic oxidation sites excluding steroid dienone is 2. The van der Waals surface area contributed by atoms with E-state index in [2.05, 4.69) is 25.7 Å². The van der Waals surface area contributed by atoms with Gasteiger partial charge in [-0.3, -0.25) is 0 Å². The Labute approximate surface area is 85.7 Å². The third-order valence-electron chi connectivity index (χ3n) is 2.57. The van der Waals surface area contributed by atoms with Gasteiger partial charge in [0.25, 0.3) is 0 Å². The number of thioether (sulfide) groups is 1. The lowest BCUT2D eigenvalue weighted by atomic mass is 9.92. The summed E-state index contributed by atoms with van der Waals surface area (Å²) in [5, 5.41) is 4.15. The molecule has 0 radical (unpaired) electrons. The summed E-state index contributed by atoms with van der Waals surface area (Å²) in [7, 11) is 1.93. The van der Waals surface area contributed by atoms with Crippen LogP contribution in [0.5, 0.6) is 0 Å². The highest BCUT2D eigenvalue weighted by Crippen LogP contribution is 2.39. The highest BCUT2D eigenvalue weighted by Gasteiger charge is 2.17. The van der Waals surface area contributed by atoms with Crippen LogP contribution in [0.3, 0.4) is 0 Å². The van der Waals surface area contributed by atoms with E-state index in [-0.39, 0.29) is 0 Å². The normalized spacial score (nSPS) is 23.2. The maximum absolute atomic E-state index is 3.95.